The number of carbonyl (C=O) groups is 5. The number of carbonyl (C=O) groups excluding carboxylic acids is 5. The Balaban J connectivity index is 1.14. The van der Waals surface area contributed by atoms with Crippen molar-refractivity contribution < 1.29 is 33.4 Å². The van der Waals surface area contributed by atoms with E-state index in [-0.39, 0.29) is 39.3 Å². The highest BCUT2D eigenvalue weighted by Crippen LogP contribution is 2.65. The average Bonchev–Trinajstić information content (AvgIpc) is 3.82. The molecule has 0 spiro atoms. The lowest BCUT2D eigenvalue weighted by Crippen LogP contribution is -2.52. The maximum Gasteiger partial charge on any atom is 0.343 e. The molecule has 1 heterocycles. The first-order chi connectivity index (χ1) is 21.7. The zero-order valence-electron chi connectivity index (χ0n) is 23.9. The van der Waals surface area contributed by atoms with E-state index >= 15 is 0 Å². The van der Waals surface area contributed by atoms with Crippen LogP contribution in [0.1, 0.15) is 37.5 Å². The van der Waals surface area contributed by atoms with Crippen LogP contribution in [0.5, 0.6) is 11.5 Å². The Kier molecular flexibility index (Phi) is 7.25. The van der Waals surface area contributed by atoms with Crippen LogP contribution in [0.3, 0.4) is 0 Å². The first kappa shape index (κ1) is 29.3. The van der Waals surface area contributed by atoms with Crippen LogP contribution < -0.4 is 9.47 Å². The molecule has 45 heavy (non-hydrogen) atoms. The zero-order valence-corrected chi connectivity index (χ0v) is 25.4. The van der Waals surface area contributed by atoms with E-state index in [0.29, 0.717) is 22.6 Å². The highest BCUT2D eigenvalue weighted by Gasteiger charge is 2.68. The second kappa shape index (κ2) is 11.2. The van der Waals surface area contributed by atoms with E-state index in [1.165, 1.54) is 49.6 Å². The Morgan fingerprint density at radius 3 is 2.13 bits per heavy atom. The van der Waals surface area contributed by atoms with Gasteiger partial charge < -0.3 is 9.47 Å². The number of methoxy groups -OCH3 is 1. The number of allylic oxidation sites excluding steroid dienone is 2. The number of benzene rings is 3. The lowest BCUT2D eigenvalue weighted by molar-refractivity contribution is -0.154. The maximum absolute atomic E-state index is 14.0. The third-order valence-electron chi connectivity index (χ3n) is 9.26. The van der Waals surface area contributed by atoms with Crippen LogP contribution in [0, 0.1) is 35.5 Å². The van der Waals surface area contributed by atoms with Crippen molar-refractivity contribution >= 4 is 52.7 Å². The zero-order chi connectivity index (χ0) is 31.6. The molecule has 0 N–H and O–H groups in total. The third-order valence-corrected chi connectivity index (χ3v) is 9.81. The van der Waals surface area contributed by atoms with Gasteiger partial charge in [0.05, 0.1) is 35.1 Å². The van der Waals surface area contributed by atoms with E-state index in [0.717, 1.165) is 16.4 Å². The molecule has 1 saturated heterocycles. The number of halogens is 2. The first-order valence-electron chi connectivity index (χ1n) is 14.5. The number of hydrazine groups is 1. The average molecular weight is 645 g/mol. The Bertz CT molecular complexity index is 1770. The highest BCUT2D eigenvalue weighted by molar-refractivity contribution is 6.36. The molecule has 3 fully saturated rings. The van der Waals surface area contributed by atoms with Gasteiger partial charge >= 0.3 is 5.97 Å². The second-order valence-electron chi connectivity index (χ2n) is 11.7. The van der Waals surface area contributed by atoms with E-state index in [4.69, 9.17) is 32.7 Å². The van der Waals surface area contributed by atoms with E-state index in [9.17, 15) is 24.0 Å². The number of ether oxygens (including phenoxy) is 2. The molecule has 8 rings (SSSR count). The number of esters is 1. The molecule has 3 amide bonds. The molecule has 228 valence electrons. The number of rotatable bonds is 8. The number of hydrogen-bond donors (Lipinski definition) is 0. The molecular formula is C34H26Cl2N2O7. The molecule has 0 unspecified atom stereocenters. The molecule has 3 aromatic rings. The minimum absolute atomic E-state index is 0.00640. The monoisotopic (exact) mass is 644 g/mol. The summed E-state index contributed by atoms with van der Waals surface area (Å²) in [5, 5.41) is 2.09. The van der Waals surface area contributed by atoms with Gasteiger partial charge in [-0.2, -0.15) is 5.01 Å². The highest BCUT2D eigenvalue weighted by atomic mass is 35.5. The topological polar surface area (TPSA) is 110 Å². The van der Waals surface area contributed by atoms with E-state index < -0.39 is 47.9 Å². The van der Waals surface area contributed by atoms with Crippen LogP contribution in [0.25, 0.3) is 0 Å². The number of hydrogen-bond acceptors (Lipinski definition) is 7. The summed E-state index contributed by atoms with van der Waals surface area (Å²) in [6.07, 6.45) is 5.05. The van der Waals surface area contributed by atoms with Gasteiger partial charge in [0.15, 0.2) is 5.78 Å². The molecule has 1 aliphatic heterocycles. The molecule has 11 heteroatoms. The predicted molar refractivity (Wildman–Crippen MR) is 163 cm³/mol. The fraction of sp³-hybridized carbons (Fsp3) is 0.265. The standard InChI is InChI=1S/C34H26Cl2N2O7/c1-44-21-4-2-3-18(13-21)34(43)45-20-8-5-17(6-9-20)28(39)16-37(31(40)24-10-7-19(35)14-27(24)36)38-32(41)29-22-11-12-23(26-15-25(22)26)30(29)33(38)42/h2-14,22-23,25-26,29-30H,15-16H2,1H3/t22-,23-,25-,26+,29+,30+/m0/s1. The lowest BCUT2D eigenvalue weighted by Gasteiger charge is -2.37. The van der Waals surface area contributed by atoms with Crippen LogP contribution in [0.4, 0.5) is 0 Å². The van der Waals surface area contributed by atoms with Crippen molar-refractivity contribution in [3.05, 3.63) is 106 Å². The summed E-state index contributed by atoms with van der Waals surface area (Å²) in [6.45, 7) is -0.604. The van der Waals surface area contributed by atoms with E-state index in [1.54, 1.807) is 24.3 Å². The first-order valence-corrected chi connectivity index (χ1v) is 15.2. The predicted octanol–water partition coefficient (Wildman–Crippen LogP) is 5.51. The summed E-state index contributed by atoms with van der Waals surface area (Å²) in [5.41, 5.74) is 0.453. The number of amides is 3. The van der Waals surface area contributed by atoms with Crippen molar-refractivity contribution in [2.45, 2.75) is 6.42 Å². The van der Waals surface area contributed by atoms with Gasteiger partial charge in [-0.25, -0.2) is 9.80 Å². The Hall–Kier alpha value is -4.47. The summed E-state index contributed by atoms with van der Waals surface area (Å²) in [5.74, 6) is -2.75. The van der Waals surface area contributed by atoms with Gasteiger partial charge in [-0.3, -0.25) is 19.2 Å². The summed E-state index contributed by atoms with van der Waals surface area (Å²) in [6, 6.07) is 16.5. The molecule has 6 atom stereocenters. The molecular weight excluding hydrogens is 619 g/mol. The van der Waals surface area contributed by atoms with Crippen molar-refractivity contribution in [3.8, 4) is 11.5 Å². The van der Waals surface area contributed by atoms with Crippen molar-refractivity contribution in [2.24, 2.45) is 35.5 Å². The quantitative estimate of drug-likeness (QED) is 0.104. The van der Waals surface area contributed by atoms with Crippen LogP contribution in [-0.2, 0) is 9.59 Å². The Morgan fingerprint density at radius 2 is 1.51 bits per heavy atom. The van der Waals surface area contributed by atoms with Crippen LogP contribution in [0.15, 0.2) is 78.9 Å². The van der Waals surface area contributed by atoms with Crippen LogP contribution >= 0.6 is 23.2 Å². The molecule has 3 aromatic carbocycles. The second-order valence-corrected chi connectivity index (χ2v) is 12.5. The normalized spacial score (nSPS) is 25.4. The van der Waals surface area contributed by atoms with Gasteiger partial charge in [-0.1, -0.05) is 41.4 Å². The van der Waals surface area contributed by atoms with E-state index in [1.807, 2.05) is 12.2 Å². The van der Waals surface area contributed by atoms with E-state index in [2.05, 4.69) is 0 Å². The Labute approximate surface area is 268 Å². The summed E-state index contributed by atoms with van der Waals surface area (Å²) in [4.78, 5) is 68.0. The third kappa shape index (κ3) is 5.00. The number of imide groups is 1. The SMILES string of the molecule is COc1cccc(C(=O)Oc2ccc(C(=O)CN(C(=O)c3ccc(Cl)cc3Cl)N3C(=O)[C@@H]4[C@H]5C=C[C@@H]([C@@H]6C[C@H]56)[C@H]4C3=O)cc2)c1. The van der Waals surface area contributed by atoms with Crippen LogP contribution in [0.2, 0.25) is 10.0 Å². The Morgan fingerprint density at radius 1 is 0.844 bits per heavy atom. The summed E-state index contributed by atoms with van der Waals surface area (Å²) in [7, 11) is 1.49. The van der Waals surface area contributed by atoms with Gasteiger partial charge in [0.2, 0.25) is 0 Å². The minimum atomic E-state index is -0.778. The minimum Gasteiger partial charge on any atom is -0.497 e. The molecule has 0 radical (unpaired) electrons. The summed E-state index contributed by atoms with van der Waals surface area (Å²) >= 11 is 12.4. The van der Waals surface area contributed by atoms with Gasteiger partial charge in [0, 0.05) is 10.6 Å². The molecule has 0 aromatic heterocycles. The lowest BCUT2D eigenvalue weighted by atomic mass is 9.63. The van der Waals surface area contributed by atoms with Crippen molar-refractivity contribution in [1.29, 1.82) is 0 Å². The van der Waals surface area contributed by atoms with Crippen molar-refractivity contribution in [3.63, 3.8) is 0 Å². The van der Waals surface area contributed by atoms with Crippen molar-refractivity contribution in [1.82, 2.24) is 10.0 Å². The summed E-state index contributed by atoms with van der Waals surface area (Å²) < 4.78 is 10.6. The fourth-order valence-electron chi connectivity index (χ4n) is 7.07. The largest absolute Gasteiger partial charge is 0.497 e. The number of ketones is 1. The van der Waals surface area contributed by atoms with Gasteiger partial charge in [-0.15, -0.1) is 0 Å². The molecule has 4 aliphatic carbocycles. The molecule has 9 nitrogen and oxygen atoms in total. The van der Waals surface area contributed by atoms with Gasteiger partial charge in [0.25, 0.3) is 17.7 Å². The fourth-order valence-corrected chi connectivity index (χ4v) is 7.56. The molecule has 2 saturated carbocycles. The number of nitrogens with zero attached hydrogens (tertiary/aromatic N) is 2. The van der Waals surface area contributed by atoms with Gasteiger partial charge in [0.1, 0.15) is 18.0 Å². The van der Waals surface area contributed by atoms with Gasteiger partial charge in [-0.05, 0) is 90.8 Å². The van der Waals surface area contributed by atoms with Crippen molar-refractivity contribution in [2.75, 3.05) is 13.7 Å². The maximum atomic E-state index is 14.0. The van der Waals surface area contributed by atoms with Crippen LogP contribution in [-0.4, -0.2) is 53.1 Å². The number of Topliss-reactive ketones (excluding diaryl/α,β-unsaturated/α-hetero) is 1. The smallest absolute Gasteiger partial charge is 0.343 e. The molecule has 2 bridgehead atoms. The molecule has 5 aliphatic rings.